The zero-order chi connectivity index (χ0) is 16.8. The Morgan fingerprint density at radius 3 is 2.61 bits per heavy atom. The van der Waals surface area contributed by atoms with Gasteiger partial charge in [-0.2, -0.15) is 0 Å². The number of aliphatic hydroxyl groups excluding tert-OH is 1. The summed E-state index contributed by atoms with van der Waals surface area (Å²) in [6.45, 7) is 6.00. The van der Waals surface area contributed by atoms with Gasteiger partial charge in [0.2, 0.25) is 5.91 Å². The van der Waals surface area contributed by atoms with Crippen LogP contribution in [-0.2, 0) is 4.79 Å². The van der Waals surface area contributed by atoms with Crippen molar-refractivity contribution in [3.05, 3.63) is 65.2 Å². The van der Waals surface area contributed by atoms with Crippen molar-refractivity contribution in [2.75, 3.05) is 11.9 Å². The molecule has 23 heavy (non-hydrogen) atoms. The van der Waals surface area contributed by atoms with Gasteiger partial charge in [0.05, 0.1) is 6.10 Å². The second kappa shape index (κ2) is 7.90. The maximum Gasteiger partial charge on any atom is 0.221 e. The second-order valence-electron chi connectivity index (χ2n) is 5.81. The SMILES string of the molecule is CC(=O)Nc1cccc(C(C)NCC(O)c2ccccc2C)c1. The lowest BCUT2D eigenvalue weighted by atomic mass is 10.0. The van der Waals surface area contributed by atoms with Gasteiger partial charge in [-0.1, -0.05) is 36.4 Å². The van der Waals surface area contributed by atoms with Gasteiger partial charge in [0.25, 0.3) is 0 Å². The van der Waals surface area contributed by atoms with E-state index in [4.69, 9.17) is 0 Å². The molecule has 0 saturated carbocycles. The van der Waals surface area contributed by atoms with Crippen molar-refractivity contribution in [3.8, 4) is 0 Å². The van der Waals surface area contributed by atoms with E-state index in [2.05, 4.69) is 10.6 Å². The summed E-state index contributed by atoms with van der Waals surface area (Å²) in [4.78, 5) is 11.1. The summed E-state index contributed by atoms with van der Waals surface area (Å²) in [5.74, 6) is -0.0854. The first-order chi connectivity index (χ1) is 11.0. The van der Waals surface area contributed by atoms with E-state index >= 15 is 0 Å². The zero-order valence-corrected chi connectivity index (χ0v) is 13.8. The molecule has 0 aromatic heterocycles. The summed E-state index contributed by atoms with van der Waals surface area (Å²) in [6.07, 6.45) is -0.544. The minimum absolute atomic E-state index is 0.0716. The Kier molecular flexibility index (Phi) is 5.90. The second-order valence-corrected chi connectivity index (χ2v) is 5.81. The fourth-order valence-corrected chi connectivity index (χ4v) is 2.57. The molecular formula is C19H24N2O2. The van der Waals surface area contributed by atoms with Crippen LogP contribution in [0.2, 0.25) is 0 Å². The average Bonchev–Trinajstić information content (AvgIpc) is 2.52. The lowest BCUT2D eigenvalue weighted by Gasteiger charge is -2.19. The number of benzene rings is 2. The fraction of sp³-hybridized carbons (Fsp3) is 0.316. The highest BCUT2D eigenvalue weighted by Gasteiger charge is 2.12. The summed E-state index contributed by atoms with van der Waals surface area (Å²) in [7, 11) is 0. The highest BCUT2D eigenvalue weighted by molar-refractivity contribution is 5.88. The Morgan fingerprint density at radius 1 is 1.17 bits per heavy atom. The summed E-state index contributed by atoms with van der Waals surface area (Å²) in [6, 6.07) is 15.6. The molecule has 0 aliphatic heterocycles. The van der Waals surface area contributed by atoms with E-state index in [1.807, 2.05) is 62.4 Å². The lowest BCUT2D eigenvalue weighted by Crippen LogP contribution is -2.25. The molecule has 0 fully saturated rings. The quantitative estimate of drug-likeness (QED) is 0.766. The molecule has 4 heteroatoms. The van der Waals surface area contributed by atoms with Gasteiger partial charge in [-0.3, -0.25) is 4.79 Å². The minimum atomic E-state index is -0.544. The third-order valence-corrected chi connectivity index (χ3v) is 3.87. The van der Waals surface area contributed by atoms with Gasteiger partial charge < -0.3 is 15.7 Å². The molecule has 2 rings (SSSR count). The Hall–Kier alpha value is -2.17. The Balaban J connectivity index is 1.98. The van der Waals surface area contributed by atoms with Gasteiger partial charge in [-0.25, -0.2) is 0 Å². The molecule has 0 saturated heterocycles. The molecule has 0 radical (unpaired) electrons. The van der Waals surface area contributed by atoms with Crippen LogP contribution in [0.25, 0.3) is 0 Å². The van der Waals surface area contributed by atoms with Crippen molar-refractivity contribution in [1.82, 2.24) is 5.32 Å². The largest absolute Gasteiger partial charge is 0.387 e. The van der Waals surface area contributed by atoms with Crippen LogP contribution >= 0.6 is 0 Å². The third-order valence-electron chi connectivity index (χ3n) is 3.87. The monoisotopic (exact) mass is 312 g/mol. The van der Waals surface area contributed by atoms with E-state index < -0.39 is 6.10 Å². The number of nitrogens with one attached hydrogen (secondary N) is 2. The van der Waals surface area contributed by atoms with E-state index in [9.17, 15) is 9.90 Å². The number of aliphatic hydroxyl groups is 1. The normalized spacial score (nSPS) is 13.4. The van der Waals surface area contributed by atoms with Crippen molar-refractivity contribution < 1.29 is 9.90 Å². The molecule has 122 valence electrons. The molecule has 2 aromatic carbocycles. The number of carbonyl (C=O) groups excluding carboxylic acids is 1. The minimum Gasteiger partial charge on any atom is -0.387 e. The molecule has 0 aliphatic rings. The van der Waals surface area contributed by atoms with Gasteiger partial charge in [0, 0.05) is 25.2 Å². The van der Waals surface area contributed by atoms with E-state index in [0.29, 0.717) is 6.54 Å². The van der Waals surface area contributed by atoms with Gasteiger partial charge in [-0.15, -0.1) is 0 Å². The van der Waals surface area contributed by atoms with Crippen LogP contribution in [0.3, 0.4) is 0 Å². The van der Waals surface area contributed by atoms with Gasteiger partial charge >= 0.3 is 0 Å². The zero-order valence-electron chi connectivity index (χ0n) is 13.8. The third kappa shape index (κ3) is 4.91. The van der Waals surface area contributed by atoms with Gasteiger partial charge in [0.15, 0.2) is 0 Å². The topological polar surface area (TPSA) is 61.4 Å². The Morgan fingerprint density at radius 2 is 1.91 bits per heavy atom. The molecular weight excluding hydrogens is 288 g/mol. The Bertz CT molecular complexity index is 670. The number of amides is 1. The van der Waals surface area contributed by atoms with E-state index in [-0.39, 0.29) is 11.9 Å². The maximum atomic E-state index is 11.1. The number of rotatable bonds is 6. The molecule has 0 bridgehead atoms. The van der Waals surface area contributed by atoms with E-state index in [1.165, 1.54) is 6.92 Å². The lowest BCUT2D eigenvalue weighted by molar-refractivity contribution is -0.114. The van der Waals surface area contributed by atoms with Crippen LogP contribution in [0.1, 0.15) is 42.7 Å². The summed E-state index contributed by atoms with van der Waals surface area (Å²) in [5.41, 5.74) is 3.87. The van der Waals surface area contributed by atoms with Crippen LogP contribution in [0.5, 0.6) is 0 Å². The summed E-state index contributed by atoms with van der Waals surface area (Å²) in [5, 5.41) is 16.5. The summed E-state index contributed by atoms with van der Waals surface area (Å²) >= 11 is 0. The van der Waals surface area contributed by atoms with E-state index in [0.717, 1.165) is 22.4 Å². The number of hydrogen-bond acceptors (Lipinski definition) is 3. The predicted molar refractivity (Wildman–Crippen MR) is 93.3 cm³/mol. The van der Waals surface area contributed by atoms with Crippen LogP contribution < -0.4 is 10.6 Å². The first-order valence-electron chi connectivity index (χ1n) is 7.82. The van der Waals surface area contributed by atoms with Crippen molar-refractivity contribution in [3.63, 3.8) is 0 Å². The molecule has 2 atom stereocenters. The van der Waals surface area contributed by atoms with Crippen LogP contribution in [-0.4, -0.2) is 17.6 Å². The average molecular weight is 312 g/mol. The number of aryl methyl sites for hydroxylation is 1. The molecule has 4 nitrogen and oxygen atoms in total. The van der Waals surface area contributed by atoms with Crippen LogP contribution in [0.15, 0.2) is 48.5 Å². The van der Waals surface area contributed by atoms with Gasteiger partial charge in [0.1, 0.15) is 0 Å². The predicted octanol–water partition coefficient (Wildman–Crippen LogP) is 3.34. The van der Waals surface area contributed by atoms with Crippen LogP contribution in [0.4, 0.5) is 5.69 Å². The smallest absolute Gasteiger partial charge is 0.221 e. The number of hydrogen-bond donors (Lipinski definition) is 3. The maximum absolute atomic E-state index is 11.1. The first-order valence-corrected chi connectivity index (χ1v) is 7.82. The highest BCUT2D eigenvalue weighted by atomic mass is 16.3. The fourth-order valence-electron chi connectivity index (χ4n) is 2.57. The molecule has 0 spiro atoms. The first kappa shape index (κ1) is 17.2. The molecule has 2 unspecified atom stereocenters. The van der Waals surface area contributed by atoms with Crippen LogP contribution in [0, 0.1) is 6.92 Å². The molecule has 0 heterocycles. The standard InChI is InChI=1S/C19H24N2O2/c1-13-7-4-5-10-18(13)19(23)12-20-14(2)16-8-6-9-17(11-16)21-15(3)22/h4-11,14,19-20,23H,12H2,1-3H3,(H,21,22). The molecule has 1 amide bonds. The highest BCUT2D eigenvalue weighted by Crippen LogP contribution is 2.20. The number of carbonyl (C=O) groups is 1. The molecule has 0 aliphatic carbocycles. The number of anilines is 1. The van der Waals surface area contributed by atoms with Crippen molar-refractivity contribution in [2.24, 2.45) is 0 Å². The molecule has 2 aromatic rings. The van der Waals surface area contributed by atoms with Crippen molar-refractivity contribution in [2.45, 2.75) is 32.9 Å². The van der Waals surface area contributed by atoms with E-state index in [1.54, 1.807) is 0 Å². The van der Waals surface area contributed by atoms with Gasteiger partial charge in [-0.05, 0) is 42.7 Å². The Labute approximate surface area is 137 Å². The summed E-state index contributed by atoms with van der Waals surface area (Å²) < 4.78 is 0. The molecule has 3 N–H and O–H groups in total. The van der Waals surface area contributed by atoms with Crippen molar-refractivity contribution >= 4 is 11.6 Å². The van der Waals surface area contributed by atoms with Crippen molar-refractivity contribution in [1.29, 1.82) is 0 Å².